The maximum Gasteiger partial charge on any atom is 0.335 e. The Kier molecular flexibility index (Phi) is 39.4. The van der Waals surface area contributed by atoms with Crippen LogP contribution in [-0.2, 0) is 77.7 Å². The molecule has 598 valence electrons. The molecule has 0 aliphatic carbocycles. The molecule has 20 atom stereocenters. The third-order valence-corrected chi connectivity index (χ3v) is 39.6. The first-order valence-electron chi connectivity index (χ1n) is 40.6. The fourth-order valence-electron chi connectivity index (χ4n) is 16.4. The van der Waals surface area contributed by atoms with Crippen molar-refractivity contribution in [3.8, 4) is 0 Å². The van der Waals surface area contributed by atoms with Crippen molar-refractivity contribution in [3.63, 3.8) is 0 Å². The summed E-state index contributed by atoms with van der Waals surface area (Å²) in [6, 6.07) is 25.5. The fraction of sp³-hybridized carbons (Fsp3) is 0.767. The summed E-state index contributed by atoms with van der Waals surface area (Å²) in [5, 5.41) is 9.65. The highest BCUT2D eigenvalue weighted by atomic mass is 32.1. The first-order chi connectivity index (χ1) is 49.5. The van der Waals surface area contributed by atoms with Crippen molar-refractivity contribution < 1.29 is 63.6 Å². The summed E-state index contributed by atoms with van der Waals surface area (Å²) >= 11 is -1.50. The van der Waals surface area contributed by atoms with Crippen LogP contribution in [0.15, 0.2) is 109 Å². The number of aliphatic hydroxyl groups excluding tert-OH is 1. The van der Waals surface area contributed by atoms with Gasteiger partial charge in [0.05, 0.1) is 73.2 Å². The molecule has 0 aromatic heterocycles. The number of ether oxygens (including phenoxy) is 6. The second kappa shape index (κ2) is 44.5. The van der Waals surface area contributed by atoms with E-state index < -0.39 is 48.1 Å². The lowest BCUT2D eigenvalue weighted by Crippen LogP contribution is -2.42. The Hall–Kier alpha value is -2.71. The van der Waals surface area contributed by atoms with Gasteiger partial charge in [0, 0.05) is 39.3 Å². The van der Waals surface area contributed by atoms with Crippen molar-refractivity contribution in [1.82, 2.24) is 0 Å². The summed E-state index contributed by atoms with van der Waals surface area (Å²) in [4.78, 5) is 0. The summed E-state index contributed by atoms with van der Waals surface area (Å²) < 4.78 is 93.8. The molecule has 2 aromatic carbocycles. The maximum absolute atomic E-state index is 9.22. The van der Waals surface area contributed by atoms with Crippen LogP contribution < -0.4 is 0 Å². The minimum Gasteiger partial charge on any atom is -0.417 e. The molecule has 6 heterocycles. The van der Waals surface area contributed by atoms with E-state index in [4.69, 9.17) is 58.5 Å². The normalized spacial score (nSPS) is 30.2. The second-order valence-electron chi connectivity index (χ2n) is 35.7. The van der Waals surface area contributed by atoms with Gasteiger partial charge in [-0.1, -0.05) is 191 Å². The molecule has 2 aromatic rings. The summed E-state index contributed by atoms with van der Waals surface area (Å²) in [6.45, 7) is 65.0. The van der Waals surface area contributed by atoms with Crippen LogP contribution >= 0.6 is 0 Å². The lowest BCUT2D eigenvalue weighted by Gasteiger charge is -2.38. The lowest BCUT2D eigenvalue weighted by molar-refractivity contribution is -0.0749. The molecule has 4 unspecified atom stereocenters. The average Bonchev–Trinajstić information content (AvgIpc) is 1.63. The van der Waals surface area contributed by atoms with E-state index >= 15 is 0 Å². The summed E-state index contributed by atoms with van der Waals surface area (Å²) in [6.07, 6.45) is 19.3. The monoisotopic (exact) mass is 1550 g/mol. The van der Waals surface area contributed by atoms with Crippen LogP contribution in [0, 0.1) is 47.3 Å². The molecular weight excluding hydrogens is 1410 g/mol. The number of benzene rings is 2. The quantitative estimate of drug-likeness (QED) is 0.0392. The molecule has 6 aliphatic heterocycles. The van der Waals surface area contributed by atoms with E-state index in [0.29, 0.717) is 47.3 Å². The molecular formula is C86H146O14S2Si3. The maximum atomic E-state index is 9.22. The van der Waals surface area contributed by atoms with Gasteiger partial charge in [-0.05, 0) is 238 Å². The van der Waals surface area contributed by atoms with E-state index in [2.05, 4.69) is 217 Å². The highest BCUT2D eigenvalue weighted by Gasteiger charge is 2.48. The Morgan fingerprint density at radius 3 is 1.19 bits per heavy atom. The van der Waals surface area contributed by atoms with Crippen LogP contribution in [0.2, 0.25) is 54.4 Å². The van der Waals surface area contributed by atoms with Gasteiger partial charge in [0.15, 0.2) is 25.0 Å². The van der Waals surface area contributed by atoms with E-state index in [1.807, 2.05) is 0 Å². The van der Waals surface area contributed by atoms with Crippen LogP contribution in [0.4, 0.5) is 0 Å². The van der Waals surface area contributed by atoms with Gasteiger partial charge in [-0.2, -0.15) is 16.8 Å². The number of aliphatic hydroxyl groups is 1. The number of rotatable bonds is 35. The SMILES string of the molecule is C=C1C[C@H](CCCO)OC1CC[C@H]1C[C@@H](C)C(=C)[C@@H](CC2O[C@H](C[C@H](C)CO[Si](C)(C)C(C)(C)C)[C@H](C)[C@H]2Cc2ccccc2)O1.C=C1C[C@H](CCCO[Si](CC)(CC)CC)OC1CC[C@H]1C[C@@H](C)C(=C)[C@@H](CC2O[C@H](C[C@H](C)CO[Si](C)(C)C(C)(C)C)[C@H](C)[C@H]2Cc2ccccc2)O1.O=S=O.O=S=O. The van der Waals surface area contributed by atoms with Gasteiger partial charge in [-0.25, -0.2) is 0 Å². The molecule has 6 fully saturated rings. The van der Waals surface area contributed by atoms with E-state index in [9.17, 15) is 5.11 Å². The highest BCUT2D eigenvalue weighted by molar-refractivity contribution is 7.52. The van der Waals surface area contributed by atoms with Crippen molar-refractivity contribution in [2.45, 2.75) is 347 Å². The lowest BCUT2D eigenvalue weighted by atomic mass is 9.78. The van der Waals surface area contributed by atoms with Crippen LogP contribution in [0.1, 0.15) is 218 Å². The summed E-state index contributed by atoms with van der Waals surface area (Å²) in [7, 11) is -5.10. The topological polar surface area (TPSA) is 172 Å². The van der Waals surface area contributed by atoms with Crippen LogP contribution in [0.5, 0.6) is 0 Å². The predicted molar refractivity (Wildman–Crippen MR) is 439 cm³/mol. The minimum absolute atomic E-state index is 0.00677. The van der Waals surface area contributed by atoms with Gasteiger partial charge in [0.2, 0.25) is 0 Å². The van der Waals surface area contributed by atoms with E-state index in [0.717, 1.165) is 135 Å². The van der Waals surface area contributed by atoms with Gasteiger partial charge in [0.1, 0.15) is 0 Å². The Balaban J connectivity index is 0.000000354. The predicted octanol–water partition coefficient (Wildman–Crippen LogP) is 20.3. The third kappa shape index (κ3) is 28.8. The summed E-state index contributed by atoms with van der Waals surface area (Å²) in [5.74, 6) is 3.52. The van der Waals surface area contributed by atoms with Crippen LogP contribution in [0.3, 0.4) is 0 Å². The molecule has 6 saturated heterocycles. The number of hydrogen-bond acceptors (Lipinski definition) is 14. The molecule has 14 nitrogen and oxygen atoms in total. The third-order valence-electron chi connectivity index (χ3n) is 25.9. The Bertz CT molecular complexity index is 2960. The van der Waals surface area contributed by atoms with Gasteiger partial charge < -0.3 is 46.8 Å². The minimum atomic E-state index is -1.79. The van der Waals surface area contributed by atoms with Crippen molar-refractivity contribution in [1.29, 1.82) is 0 Å². The van der Waals surface area contributed by atoms with E-state index in [1.165, 1.54) is 51.6 Å². The molecule has 0 amide bonds. The van der Waals surface area contributed by atoms with Crippen molar-refractivity contribution in [2.24, 2.45) is 47.3 Å². The molecule has 6 aliphatic rings. The van der Waals surface area contributed by atoms with Gasteiger partial charge in [-0.15, -0.1) is 0 Å². The highest BCUT2D eigenvalue weighted by Crippen LogP contribution is 2.47. The van der Waals surface area contributed by atoms with E-state index in [1.54, 1.807) is 0 Å². The average molecular weight is 1550 g/mol. The van der Waals surface area contributed by atoms with Crippen LogP contribution in [0.25, 0.3) is 0 Å². The fourth-order valence-corrected chi connectivity index (χ4v) is 21.4. The Labute approximate surface area is 648 Å². The zero-order valence-corrected chi connectivity index (χ0v) is 73.5. The molecule has 0 spiro atoms. The van der Waals surface area contributed by atoms with Gasteiger partial charge in [0.25, 0.3) is 0 Å². The molecule has 19 heteroatoms. The second-order valence-corrected chi connectivity index (χ2v) is 50.3. The van der Waals surface area contributed by atoms with Crippen LogP contribution in [-0.4, -0.2) is 147 Å². The zero-order chi connectivity index (χ0) is 78.0. The molecule has 0 bridgehead atoms. The standard InChI is InChI=1S/C46H80O5Si2.C40H66O5Si.2O2S/c1-14-53(15-2,16-3)47-26-20-23-39-29-35(6)42(49-39)25-24-40-28-34(5)36(7)44(50-40)31-45-41(30-38-21-18-17-19-22-38)37(8)43(51-45)27-33(4)32-48-52(12,13)46(9,10)11;1-27(26-42-46(9,10)40(6,7)8)21-37-31(5)35(24-32-15-12-11-13-16-32)39(45-37)25-38-30(4)28(2)22-34(44-38)18-19-36-29(3)23-33(43-36)17-14-20-41;2*1-3-2/h17-19,21-22,33-34,37,39-45H,6-7,14-16,20,23-32H2,1-5,8-13H3;11-13,15-16,27-28,31,33-39,41H,3-4,14,17-26H2,1-2,5-10H3;;/t33-,34+,37+,39-,40-,41+,42?,43+,44+,45?;27-,28+,31+,33-,34-,35+,36?,37+,38+,39?;;/m00../s1. The summed E-state index contributed by atoms with van der Waals surface area (Å²) in [5.41, 5.74) is 7.68. The zero-order valence-electron chi connectivity index (χ0n) is 68.9. The molecule has 1 N–H and O–H groups in total. The van der Waals surface area contributed by atoms with Gasteiger partial charge >= 0.3 is 23.1 Å². The molecule has 105 heavy (non-hydrogen) atoms. The smallest absolute Gasteiger partial charge is 0.335 e. The first kappa shape index (κ1) is 92.9. The van der Waals surface area contributed by atoms with Gasteiger partial charge in [-0.3, -0.25) is 0 Å². The largest absolute Gasteiger partial charge is 0.417 e. The van der Waals surface area contributed by atoms with Crippen molar-refractivity contribution in [2.75, 3.05) is 26.4 Å². The van der Waals surface area contributed by atoms with Crippen molar-refractivity contribution in [3.05, 3.63) is 120 Å². The van der Waals surface area contributed by atoms with Crippen molar-refractivity contribution >= 4 is 48.1 Å². The number of hydrogen-bond donors (Lipinski definition) is 1. The molecule has 0 saturated carbocycles. The first-order valence-corrected chi connectivity index (χ1v) is 50.3. The van der Waals surface area contributed by atoms with E-state index in [-0.39, 0.29) is 89.9 Å². The molecule has 0 radical (unpaired) electrons. The Morgan fingerprint density at radius 2 is 0.848 bits per heavy atom. The Morgan fingerprint density at radius 1 is 0.495 bits per heavy atom. The molecule has 8 rings (SSSR count).